The minimum absolute atomic E-state index is 0.175. The predicted molar refractivity (Wildman–Crippen MR) is 86.3 cm³/mol. The van der Waals surface area contributed by atoms with E-state index in [2.05, 4.69) is 20.7 Å². The normalized spacial score (nSPS) is 11.3. The first-order valence-corrected chi connectivity index (χ1v) is 8.76. The minimum Gasteiger partial charge on any atom is -0.492 e. The maximum atomic E-state index is 12.0. The zero-order chi connectivity index (χ0) is 15.3. The molecule has 0 atom stereocenters. The van der Waals surface area contributed by atoms with Crippen molar-refractivity contribution in [2.75, 3.05) is 13.2 Å². The molecule has 0 heterocycles. The lowest BCUT2D eigenvalue weighted by Gasteiger charge is -2.09. The van der Waals surface area contributed by atoms with Crippen molar-refractivity contribution < 1.29 is 13.2 Å². The van der Waals surface area contributed by atoms with Crippen molar-refractivity contribution in [3.63, 3.8) is 0 Å². The Morgan fingerprint density at radius 1 is 1.14 bits per heavy atom. The van der Waals surface area contributed by atoms with E-state index in [-0.39, 0.29) is 18.0 Å². The van der Waals surface area contributed by atoms with Crippen LogP contribution in [0.15, 0.2) is 57.9 Å². The zero-order valence-electron chi connectivity index (χ0n) is 10.9. The van der Waals surface area contributed by atoms with Crippen molar-refractivity contribution in [3.05, 3.63) is 58.0 Å². The number of nitrogens with one attached hydrogen (secondary N) is 1. The van der Waals surface area contributed by atoms with Gasteiger partial charge in [0.2, 0.25) is 10.0 Å². The molecule has 2 rings (SSSR count). The molecule has 0 aliphatic rings. The molecule has 0 spiro atoms. The predicted octanol–water partition coefficient (Wildman–Crippen LogP) is 3.46. The lowest BCUT2D eigenvalue weighted by atomic mass is 10.3. The fourth-order valence-corrected chi connectivity index (χ4v) is 3.12. The summed E-state index contributed by atoms with van der Waals surface area (Å²) in [5.41, 5.74) is 0. The highest BCUT2D eigenvalue weighted by molar-refractivity contribution is 9.10. The van der Waals surface area contributed by atoms with Crippen LogP contribution in [0.1, 0.15) is 0 Å². The van der Waals surface area contributed by atoms with Gasteiger partial charge in [0.25, 0.3) is 0 Å². The molecule has 0 aromatic heterocycles. The lowest BCUT2D eigenvalue weighted by molar-refractivity contribution is 0.322. The standard InChI is InChI=1S/C14H13BrClNO3S/c15-11-2-1-3-13(10-11)20-9-8-17-21(18,19)14-6-4-12(16)5-7-14/h1-7,10,17H,8-9H2. The summed E-state index contributed by atoms with van der Waals surface area (Å²) in [5, 5.41) is 0.493. The van der Waals surface area contributed by atoms with E-state index in [9.17, 15) is 8.42 Å². The molecule has 0 radical (unpaired) electrons. The molecule has 112 valence electrons. The van der Waals surface area contributed by atoms with Gasteiger partial charge in [-0.2, -0.15) is 0 Å². The van der Waals surface area contributed by atoms with E-state index in [1.807, 2.05) is 18.2 Å². The van der Waals surface area contributed by atoms with Gasteiger partial charge in [-0.05, 0) is 42.5 Å². The third-order valence-electron chi connectivity index (χ3n) is 2.58. The molecular formula is C14H13BrClNO3S. The highest BCUT2D eigenvalue weighted by Crippen LogP contribution is 2.17. The van der Waals surface area contributed by atoms with E-state index in [0.717, 1.165) is 4.47 Å². The molecule has 7 heteroatoms. The van der Waals surface area contributed by atoms with Crippen molar-refractivity contribution in [2.45, 2.75) is 4.90 Å². The summed E-state index contributed by atoms with van der Waals surface area (Å²) >= 11 is 9.07. The largest absolute Gasteiger partial charge is 0.492 e. The first-order chi connectivity index (χ1) is 9.97. The molecule has 0 saturated heterocycles. The summed E-state index contributed by atoms with van der Waals surface area (Å²) in [6, 6.07) is 13.3. The zero-order valence-corrected chi connectivity index (χ0v) is 14.1. The average molecular weight is 391 g/mol. The van der Waals surface area contributed by atoms with Crippen LogP contribution in [0.3, 0.4) is 0 Å². The number of halogens is 2. The van der Waals surface area contributed by atoms with E-state index < -0.39 is 10.0 Å². The highest BCUT2D eigenvalue weighted by Gasteiger charge is 2.12. The molecule has 21 heavy (non-hydrogen) atoms. The van der Waals surface area contributed by atoms with Crippen molar-refractivity contribution in [2.24, 2.45) is 0 Å². The maximum Gasteiger partial charge on any atom is 0.240 e. The van der Waals surface area contributed by atoms with Gasteiger partial charge < -0.3 is 4.74 Å². The maximum absolute atomic E-state index is 12.0. The summed E-state index contributed by atoms with van der Waals surface area (Å²) in [6.07, 6.45) is 0. The Hall–Kier alpha value is -1.08. The fourth-order valence-electron chi connectivity index (χ4n) is 1.60. The van der Waals surface area contributed by atoms with Crippen LogP contribution in [0.5, 0.6) is 5.75 Å². The van der Waals surface area contributed by atoms with Gasteiger partial charge in [0.1, 0.15) is 12.4 Å². The van der Waals surface area contributed by atoms with E-state index in [1.165, 1.54) is 24.3 Å². The van der Waals surface area contributed by atoms with Crippen LogP contribution in [-0.2, 0) is 10.0 Å². The molecule has 0 aliphatic heterocycles. The van der Waals surface area contributed by atoms with Crippen LogP contribution in [-0.4, -0.2) is 21.6 Å². The minimum atomic E-state index is -3.54. The fraction of sp³-hybridized carbons (Fsp3) is 0.143. The van der Waals surface area contributed by atoms with E-state index in [1.54, 1.807) is 6.07 Å². The summed E-state index contributed by atoms with van der Waals surface area (Å²) in [4.78, 5) is 0.175. The van der Waals surface area contributed by atoms with Crippen molar-refractivity contribution in [1.29, 1.82) is 0 Å². The summed E-state index contributed by atoms with van der Waals surface area (Å²) in [5.74, 6) is 0.676. The first-order valence-electron chi connectivity index (χ1n) is 6.11. The van der Waals surface area contributed by atoms with Gasteiger partial charge in [-0.15, -0.1) is 0 Å². The van der Waals surface area contributed by atoms with Crippen LogP contribution in [0.25, 0.3) is 0 Å². The number of hydrogen-bond donors (Lipinski definition) is 1. The number of sulfonamides is 1. The summed E-state index contributed by atoms with van der Waals surface area (Å²) in [7, 11) is -3.54. The Balaban J connectivity index is 1.86. The van der Waals surface area contributed by atoms with E-state index in [4.69, 9.17) is 16.3 Å². The molecule has 0 fully saturated rings. The second-order valence-electron chi connectivity index (χ2n) is 4.16. The average Bonchev–Trinajstić information content (AvgIpc) is 2.44. The van der Waals surface area contributed by atoms with Crippen LogP contribution in [0, 0.1) is 0 Å². The van der Waals surface area contributed by atoms with Crippen LogP contribution >= 0.6 is 27.5 Å². The Labute approximate surface area is 137 Å². The van der Waals surface area contributed by atoms with E-state index >= 15 is 0 Å². The first kappa shape index (κ1) is 16.3. The van der Waals surface area contributed by atoms with Crippen molar-refractivity contribution in [3.8, 4) is 5.75 Å². The van der Waals surface area contributed by atoms with Gasteiger partial charge in [-0.25, -0.2) is 13.1 Å². The second kappa shape index (κ2) is 7.26. The van der Waals surface area contributed by atoms with Crippen LogP contribution in [0.4, 0.5) is 0 Å². The van der Waals surface area contributed by atoms with Gasteiger partial charge in [0, 0.05) is 16.0 Å². The van der Waals surface area contributed by atoms with E-state index in [0.29, 0.717) is 10.8 Å². The third kappa shape index (κ3) is 5.00. The Kier molecular flexibility index (Phi) is 5.64. The number of hydrogen-bond acceptors (Lipinski definition) is 3. The van der Waals surface area contributed by atoms with Gasteiger partial charge >= 0.3 is 0 Å². The second-order valence-corrected chi connectivity index (χ2v) is 7.28. The summed E-state index contributed by atoms with van der Waals surface area (Å²) < 4.78 is 32.8. The van der Waals surface area contributed by atoms with Crippen molar-refractivity contribution >= 4 is 37.6 Å². The molecule has 0 bridgehead atoms. The molecule has 2 aromatic rings. The van der Waals surface area contributed by atoms with Gasteiger partial charge in [-0.3, -0.25) is 0 Å². The van der Waals surface area contributed by atoms with Crippen LogP contribution < -0.4 is 9.46 Å². The number of rotatable bonds is 6. The quantitative estimate of drug-likeness (QED) is 0.769. The van der Waals surface area contributed by atoms with Gasteiger partial charge in [0.15, 0.2) is 0 Å². The molecule has 0 unspecified atom stereocenters. The summed E-state index contributed by atoms with van der Waals surface area (Å²) in [6.45, 7) is 0.417. The van der Waals surface area contributed by atoms with Gasteiger partial charge in [-0.1, -0.05) is 33.6 Å². The van der Waals surface area contributed by atoms with Crippen LogP contribution in [0.2, 0.25) is 5.02 Å². The molecule has 0 amide bonds. The highest BCUT2D eigenvalue weighted by atomic mass is 79.9. The SMILES string of the molecule is O=S(=O)(NCCOc1cccc(Br)c1)c1ccc(Cl)cc1. The molecule has 1 N–H and O–H groups in total. The molecule has 0 aliphatic carbocycles. The Morgan fingerprint density at radius 2 is 1.86 bits per heavy atom. The molecule has 2 aromatic carbocycles. The number of benzene rings is 2. The molecule has 0 saturated carbocycles. The Bertz CT molecular complexity index is 704. The number of ether oxygens (including phenoxy) is 1. The smallest absolute Gasteiger partial charge is 0.240 e. The van der Waals surface area contributed by atoms with Crippen molar-refractivity contribution in [1.82, 2.24) is 4.72 Å². The lowest BCUT2D eigenvalue weighted by Crippen LogP contribution is -2.28. The molecular weight excluding hydrogens is 378 g/mol. The molecule has 4 nitrogen and oxygen atoms in total. The third-order valence-corrected chi connectivity index (χ3v) is 4.81. The van der Waals surface area contributed by atoms with Gasteiger partial charge in [0.05, 0.1) is 4.90 Å². The monoisotopic (exact) mass is 389 g/mol. The Morgan fingerprint density at radius 3 is 2.52 bits per heavy atom. The topological polar surface area (TPSA) is 55.4 Å².